The second-order valence-electron chi connectivity index (χ2n) is 3.97. The van der Waals surface area contributed by atoms with Gasteiger partial charge in [0, 0.05) is 6.04 Å². The number of hydrogen-bond acceptors (Lipinski definition) is 1. The summed E-state index contributed by atoms with van der Waals surface area (Å²) < 4.78 is 0. The van der Waals surface area contributed by atoms with Crippen molar-refractivity contribution < 1.29 is 0 Å². The first kappa shape index (κ1) is 11.0. The minimum atomic E-state index is 0.378. The minimum Gasteiger partial charge on any atom is -0.328 e. The molecule has 68 valence electrons. The smallest absolute Gasteiger partial charge is 0.00105 e. The van der Waals surface area contributed by atoms with Crippen LogP contribution in [0.2, 0.25) is 0 Å². The zero-order chi connectivity index (χ0) is 8.85. The fraction of sp³-hybridized carbons (Fsp3) is 1.00. The molecule has 1 nitrogen and oxygen atoms in total. The summed E-state index contributed by atoms with van der Waals surface area (Å²) in [6, 6.07) is 0.378. The van der Waals surface area contributed by atoms with Crippen LogP contribution in [0.4, 0.5) is 0 Å². The standard InChI is InChI=1S/C10H23N/c1-5-10(8(2)3)7-6-9(4)11/h8-10H,5-7,11H2,1-4H3/t9-,10?/m1/s1. The normalized spacial score (nSPS) is 16.9. The molecular formula is C10H23N. The molecule has 0 aliphatic heterocycles. The molecule has 0 aromatic heterocycles. The van der Waals surface area contributed by atoms with Gasteiger partial charge in [-0.3, -0.25) is 0 Å². The average molecular weight is 157 g/mol. The van der Waals surface area contributed by atoms with E-state index in [0.29, 0.717) is 6.04 Å². The van der Waals surface area contributed by atoms with Gasteiger partial charge in [-0.25, -0.2) is 0 Å². The number of hydrogen-bond donors (Lipinski definition) is 1. The fourth-order valence-electron chi connectivity index (χ4n) is 1.49. The third-order valence-electron chi connectivity index (χ3n) is 2.46. The van der Waals surface area contributed by atoms with Crippen LogP contribution >= 0.6 is 0 Å². The van der Waals surface area contributed by atoms with Crippen molar-refractivity contribution in [3.8, 4) is 0 Å². The summed E-state index contributed by atoms with van der Waals surface area (Å²) in [6.07, 6.45) is 3.77. The molecule has 0 bridgehead atoms. The molecule has 0 saturated heterocycles. The maximum absolute atomic E-state index is 5.70. The largest absolute Gasteiger partial charge is 0.328 e. The van der Waals surface area contributed by atoms with Crippen LogP contribution < -0.4 is 5.73 Å². The minimum absolute atomic E-state index is 0.378. The van der Waals surface area contributed by atoms with E-state index in [0.717, 1.165) is 11.8 Å². The molecule has 0 fully saturated rings. The van der Waals surface area contributed by atoms with E-state index in [9.17, 15) is 0 Å². The molecule has 0 radical (unpaired) electrons. The van der Waals surface area contributed by atoms with Gasteiger partial charge < -0.3 is 5.73 Å². The summed E-state index contributed by atoms with van der Waals surface area (Å²) in [5, 5.41) is 0. The van der Waals surface area contributed by atoms with Crippen LogP contribution in [0.1, 0.15) is 47.0 Å². The highest BCUT2D eigenvalue weighted by atomic mass is 14.6. The molecule has 1 heteroatoms. The molecule has 0 aliphatic carbocycles. The molecule has 0 aromatic carbocycles. The van der Waals surface area contributed by atoms with E-state index < -0.39 is 0 Å². The molecule has 11 heavy (non-hydrogen) atoms. The maximum Gasteiger partial charge on any atom is 0.00105 e. The number of rotatable bonds is 5. The third kappa shape index (κ3) is 5.25. The first-order valence-electron chi connectivity index (χ1n) is 4.83. The average Bonchev–Trinajstić information content (AvgIpc) is 1.87. The monoisotopic (exact) mass is 157 g/mol. The summed E-state index contributed by atoms with van der Waals surface area (Å²) in [4.78, 5) is 0. The molecule has 0 amide bonds. The Kier molecular flexibility index (Phi) is 5.57. The third-order valence-corrected chi connectivity index (χ3v) is 2.46. The first-order valence-corrected chi connectivity index (χ1v) is 4.83. The second-order valence-corrected chi connectivity index (χ2v) is 3.97. The lowest BCUT2D eigenvalue weighted by Gasteiger charge is -2.19. The Morgan fingerprint density at radius 2 is 1.64 bits per heavy atom. The molecule has 0 aromatic rings. The van der Waals surface area contributed by atoms with Crippen LogP contribution in [0.5, 0.6) is 0 Å². The van der Waals surface area contributed by atoms with Gasteiger partial charge >= 0.3 is 0 Å². The van der Waals surface area contributed by atoms with E-state index in [-0.39, 0.29) is 0 Å². The lowest BCUT2D eigenvalue weighted by atomic mass is 9.88. The SMILES string of the molecule is CCC(CC[C@@H](C)N)C(C)C. The summed E-state index contributed by atoms with van der Waals surface area (Å²) in [6.45, 7) is 8.96. The first-order chi connectivity index (χ1) is 5.07. The maximum atomic E-state index is 5.70. The quantitative estimate of drug-likeness (QED) is 0.652. The Morgan fingerprint density at radius 1 is 1.09 bits per heavy atom. The van der Waals surface area contributed by atoms with E-state index in [1.165, 1.54) is 19.3 Å². The van der Waals surface area contributed by atoms with Crippen LogP contribution in [0.15, 0.2) is 0 Å². The van der Waals surface area contributed by atoms with Crippen molar-refractivity contribution in [2.75, 3.05) is 0 Å². The summed E-state index contributed by atoms with van der Waals surface area (Å²) >= 11 is 0. The van der Waals surface area contributed by atoms with Gasteiger partial charge in [-0.1, -0.05) is 27.2 Å². The molecule has 0 saturated carbocycles. The highest BCUT2D eigenvalue weighted by Crippen LogP contribution is 2.20. The van der Waals surface area contributed by atoms with E-state index in [2.05, 4.69) is 27.7 Å². The topological polar surface area (TPSA) is 26.0 Å². The van der Waals surface area contributed by atoms with E-state index in [1.54, 1.807) is 0 Å². The van der Waals surface area contributed by atoms with Crippen molar-refractivity contribution in [2.45, 2.75) is 53.0 Å². The lowest BCUT2D eigenvalue weighted by Crippen LogP contribution is -2.17. The van der Waals surface area contributed by atoms with Crippen molar-refractivity contribution in [1.82, 2.24) is 0 Å². The van der Waals surface area contributed by atoms with Gasteiger partial charge in [0.1, 0.15) is 0 Å². The molecule has 0 spiro atoms. The van der Waals surface area contributed by atoms with Crippen LogP contribution in [-0.2, 0) is 0 Å². The molecule has 0 aliphatic rings. The van der Waals surface area contributed by atoms with Gasteiger partial charge in [0.15, 0.2) is 0 Å². The Hall–Kier alpha value is -0.0400. The van der Waals surface area contributed by atoms with Gasteiger partial charge in [0.05, 0.1) is 0 Å². The highest BCUT2D eigenvalue weighted by Gasteiger charge is 2.10. The van der Waals surface area contributed by atoms with Gasteiger partial charge in [-0.2, -0.15) is 0 Å². The summed E-state index contributed by atoms with van der Waals surface area (Å²) in [5.74, 6) is 1.69. The second kappa shape index (κ2) is 5.59. The summed E-state index contributed by atoms with van der Waals surface area (Å²) in [5.41, 5.74) is 5.70. The highest BCUT2D eigenvalue weighted by molar-refractivity contribution is 4.64. The van der Waals surface area contributed by atoms with Crippen molar-refractivity contribution in [2.24, 2.45) is 17.6 Å². The van der Waals surface area contributed by atoms with Crippen LogP contribution in [0, 0.1) is 11.8 Å². The van der Waals surface area contributed by atoms with Crippen LogP contribution in [-0.4, -0.2) is 6.04 Å². The fourth-order valence-corrected chi connectivity index (χ4v) is 1.49. The Labute approximate surface area is 71.4 Å². The van der Waals surface area contributed by atoms with E-state index in [4.69, 9.17) is 5.73 Å². The van der Waals surface area contributed by atoms with Crippen molar-refractivity contribution in [1.29, 1.82) is 0 Å². The molecule has 0 rings (SSSR count). The lowest BCUT2D eigenvalue weighted by molar-refractivity contribution is 0.332. The molecule has 1 unspecified atom stereocenters. The van der Waals surface area contributed by atoms with Crippen molar-refractivity contribution in [3.05, 3.63) is 0 Å². The van der Waals surface area contributed by atoms with Crippen molar-refractivity contribution in [3.63, 3.8) is 0 Å². The predicted molar refractivity (Wildman–Crippen MR) is 51.5 cm³/mol. The predicted octanol–water partition coefficient (Wildman–Crippen LogP) is 2.80. The molecular weight excluding hydrogens is 134 g/mol. The summed E-state index contributed by atoms with van der Waals surface area (Å²) in [7, 11) is 0. The van der Waals surface area contributed by atoms with Gasteiger partial charge in [-0.15, -0.1) is 0 Å². The zero-order valence-electron chi connectivity index (χ0n) is 8.43. The molecule has 2 N–H and O–H groups in total. The van der Waals surface area contributed by atoms with Gasteiger partial charge in [-0.05, 0) is 31.6 Å². The Morgan fingerprint density at radius 3 is 1.91 bits per heavy atom. The Bertz CT molecular complexity index is 86.9. The zero-order valence-corrected chi connectivity index (χ0v) is 8.43. The Balaban J connectivity index is 3.52. The number of nitrogens with two attached hydrogens (primary N) is 1. The van der Waals surface area contributed by atoms with E-state index in [1.807, 2.05) is 0 Å². The molecule has 0 heterocycles. The van der Waals surface area contributed by atoms with Gasteiger partial charge in [0.2, 0.25) is 0 Å². The van der Waals surface area contributed by atoms with Gasteiger partial charge in [0.25, 0.3) is 0 Å². The van der Waals surface area contributed by atoms with Crippen molar-refractivity contribution >= 4 is 0 Å². The van der Waals surface area contributed by atoms with E-state index >= 15 is 0 Å². The van der Waals surface area contributed by atoms with Crippen LogP contribution in [0.3, 0.4) is 0 Å². The molecule has 2 atom stereocenters. The van der Waals surface area contributed by atoms with Crippen LogP contribution in [0.25, 0.3) is 0 Å².